The minimum atomic E-state index is 0.476. The topological polar surface area (TPSA) is 28.2 Å². The Kier molecular flexibility index (Phi) is 4.37. The van der Waals surface area contributed by atoms with Crippen LogP contribution in [0.15, 0.2) is 60.9 Å². The van der Waals surface area contributed by atoms with E-state index in [1.54, 1.807) is 0 Å². The van der Waals surface area contributed by atoms with Gasteiger partial charge >= 0.3 is 0 Å². The van der Waals surface area contributed by atoms with Gasteiger partial charge in [0.1, 0.15) is 0 Å². The monoisotopic (exact) mass is 327 g/mol. The number of nitrogens with one attached hydrogen (secondary N) is 1. The van der Waals surface area contributed by atoms with Crippen molar-refractivity contribution in [3.8, 4) is 12.3 Å². The third-order valence-corrected chi connectivity index (χ3v) is 4.84. The normalized spacial score (nSPS) is 17.5. The van der Waals surface area contributed by atoms with Gasteiger partial charge in [0.2, 0.25) is 0 Å². The zero-order valence-corrected chi connectivity index (χ0v) is 14.2. The van der Waals surface area contributed by atoms with Crippen LogP contribution in [0.4, 0.5) is 5.69 Å². The smallest absolute Gasteiger partial charge is 0.0423 e. The Morgan fingerprint density at radius 2 is 2.04 bits per heavy atom. The quantitative estimate of drug-likeness (QED) is 0.737. The highest BCUT2D eigenvalue weighted by Gasteiger charge is 2.22. The van der Waals surface area contributed by atoms with Crippen LogP contribution in [0.2, 0.25) is 0 Å². The molecule has 3 heteroatoms. The summed E-state index contributed by atoms with van der Waals surface area (Å²) in [7, 11) is 0. The first-order chi connectivity index (χ1) is 12.3. The van der Waals surface area contributed by atoms with Crippen LogP contribution in [0.3, 0.4) is 0 Å². The summed E-state index contributed by atoms with van der Waals surface area (Å²) in [6.45, 7) is 3.14. The van der Waals surface area contributed by atoms with Crippen LogP contribution >= 0.6 is 0 Å². The average Bonchev–Trinajstić information content (AvgIpc) is 3.09. The number of fused-ring (bicyclic) bond motifs is 1. The molecule has 2 heterocycles. The van der Waals surface area contributed by atoms with E-state index in [1.165, 1.54) is 22.0 Å². The molecule has 3 aromatic rings. The molecule has 0 saturated carbocycles. The maximum Gasteiger partial charge on any atom is 0.0423 e. The molecule has 0 radical (unpaired) electrons. The lowest BCUT2D eigenvalue weighted by molar-refractivity contribution is 0.328. The van der Waals surface area contributed by atoms with Gasteiger partial charge in [-0.05, 0) is 36.2 Å². The molecule has 3 nitrogen and oxygen atoms in total. The van der Waals surface area contributed by atoms with E-state index < -0.39 is 0 Å². The van der Waals surface area contributed by atoms with Gasteiger partial charge in [-0.25, -0.2) is 0 Å². The SMILES string of the molecule is C#Cc1ccc(CN2CC[C@@H](Nc3cccc4cnccc34)C2)cc1. The fourth-order valence-corrected chi connectivity index (χ4v) is 3.53. The Bertz CT molecular complexity index is 903. The Morgan fingerprint density at radius 3 is 2.88 bits per heavy atom. The van der Waals surface area contributed by atoms with Gasteiger partial charge in [-0.2, -0.15) is 0 Å². The van der Waals surface area contributed by atoms with Crippen LogP contribution in [0.1, 0.15) is 17.5 Å². The number of benzene rings is 2. The van der Waals surface area contributed by atoms with Crippen LogP contribution in [0, 0.1) is 12.3 Å². The lowest BCUT2D eigenvalue weighted by Gasteiger charge is -2.18. The number of anilines is 1. The van der Waals surface area contributed by atoms with Gasteiger partial charge in [0.05, 0.1) is 0 Å². The third kappa shape index (κ3) is 3.50. The summed E-state index contributed by atoms with van der Waals surface area (Å²) in [5, 5.41) is 6.14. The first-order valence-electron chi connectivity index (χ1n) is 8.69. The highest BCUT2D eigenvalue weighted by atomic mass is 15.2. The molecule has 1 aliphatic rings. The molecule has 0 spiro atoms. The average molecular weight is 327 g/mol. The molecule has 2 aromatic carbocycles. The molecule has 1 N–H and O–H groups in total. The number of hydrogen-bond acceptors (Lipinski definition) is 3. The molecule has 0 aliphatic carbocycles. The Hall–Kier alpha value is -2.83. The first-order valence-corrected chi connectivity index (χ1v) is 8.69. The molecular weight excluding hydrogens is 306 g/mol. The van der Waals surface area contributed by atoms with Crippen LogP contribution < -0.4 is 5.32 Å². The van der Waals surface area contributed by atoms with Crippen molar-refractivity contribution in [1.29, 1.82) is 0 Å². The number of likely N-dealkylation sites (tertiary alicyclic amines) is 1. The Morgan fingerprint density at radius 1 is 1.16 bits per heavy atom. The number of nitrogens with zero attached hydrogens (tertiary/aromatic N) is 2. The van der Waals surface area contributed by atoms with Gasteiger partial charge in [-0.3, -0.25) is 9.88 Å². The van der Waals surface area contributed by atoms with Crippen LogP contribution in [0.25, 0.3) is 10.8 Å². The number of terminal acetylenes is 1. The van der Waals surface area contributed by atoms with Crippen LogP contribution in [0.5, 0.6) is 0 Å². The Labute approximate surface area is 148 Å². The third-order valence-electron chi connectivity index (χ3n) is 4.84. The number of hydrogen-bond donors (Lipinski definition) is 1. The zero-order valence-electron chi connectivity index (χ0n) is 14.2. The van der Waals surface area contributed by atoms with E-state index in [0.717, 1.165) is 31.6 Å². The van der Waals surface area contributed by atoms with Crippen molar-refractivity contribution in [2.45, 2.75) is 19.0 Å². The van der Waals surface area contributed by atoms with Gasteiger partial charge in [-0.1, -0.05) is 30.2 Å². The van der Waals surface area contributed by atoms with Gasteiger partial charge in [-0.15, -0.1) is 6.42 Å². The lowest BCUT2D eigenvalue weighted by atomic mass is 10.1. The van der Waals surface area contributed by atoms with Crippen LogP contribution in [-0.2, 0) is 6.54 Å². The zero-order chi connectivity index (χ0) is 17.1. The lowest BCUT2D eigenvalue weighted by Crippen LogP contribution is -2.26. The van der Waals surface area contributed by atoms with Crippen molar-refractivity contribution in [2.24, 2.45) is 0 Å². The molecule has 25 heavy (non-hydrogen) atoms. The molecule has 1 aliphatic heterocycles. The second kappa shape index (κ2) is 6.96. The van der Waals surface area contributed by atoms with Gasteiger partial charge in [0.15, 0.2) is 0 Å². The summed E-state index contributed by atoms with van der Waals surface area (Å²) in [5.41, 5.74) is 3.45. The molecule has 0 unspecified atom stereocenters. The second-order valence-electron chi connectivity index (χ2n) is 6.61. The minimum Gasteiger partial charge on any atom is -0.380 e. The molecule has 1 atom stereocenters. The molecular formula is C22H21N3. The van der Waals surface area contributed by atoms with Crippen molar-refractivity contribution in [3.05, 3.63) is 72.1 Å². The molecule has 124 valence electrons. The van der Waals surface area contributed by atoms with E-state index in [4.69, 9.17) is 6.42 Å². The largest absolute Gasteiger partial charge is 0.380 e. The highest BCUT2D eigenvalue weighted by Crippen LogP contribution is 2.25. The molecule has 4 rings (SSSR count). The van der Waals surface area contributed by atoms with E-state index in [0.29, 0.717) is 6.04 Å². The van der Waals surface area contributed by atoms with E-state index >= 15 is 0 Å². The predicted octanol–water partition coefficient (Wildman–Crippen LogP) is 3.90. The summed E-state index contributed by atoms with van der Waals surface area (Å²) in [4.78, 5) is 6.70. The van der Waals surface area contributed by atoms with E-state index in [9.17, 15) is 0 Å². The molecule has 1 saturated heterocycles. The van der Waals surface area contributed by atoms with Gasteiger partial charge < -0.3 is 5.32 Å². The molecule has 1 aromatic heterocycles. The van der Waals surface area contributed by atoms with E-state index in [2.05, 4.69) is 57.5 Å². The van der Waals surface area contributed by atoms with Crippen molar-refractivity contribution >= 4 is 16.5 Å². The fourth-order valence-electron chi connectivity index (χ4n) is 3.53. The van der Waals surface area contributed by atoms with E-state index in [-0.39, 0.29) is 0 Å². The van der Waals surface area contributed by atoms with Gasteiger partial charge in [0.25, 0.3) is 0 Å². The first kappa shape index (κ1) is 15.7. The highest BCUT2D eigenvalue weighted by molar-refractivity contribution is 5.93. The van der Waals surface area contributed by atoms with Crippen molar-refractivity contribution in [1.82, 2.24) is 9.88 Å². The molecule has 0 bridgehead atoms. The summed E-state index contributed by atoms with van der Waals surface area (Å²) in [6.07, 6.45) is 10.4. The van der Waals surface area contributed by atoms with E-state index in [1.807, 2.05) is 24.5 Å². The number of rotatable bonds is 4. The summed E-state index contributed by atoms with van der Waals surface area (Å²) < 4.78 is 0. The molecule has 1 fully saturated rings. The minimum absolute atomic E-state index is 0.476. The summed E-state index contributed by atoms with van der Waals surface area (Å²) in [6, 6.07) is 17.2. The van der Waals surface area contributed by atoms with Crippen LogP contribution in [-0.4, -0.2) is 29.0 Å². The van der Waals surface area contributed by atoms with Crippen molar-refractivity contribution < 1.29 is 0 Å². The number of pyridine rings is 1. The summed E-state index contributed by atoms with van der Waals surface area (Å²) in [5.74, 6) is 2.67. The Balaban J connectivity index is 1.41. The van der Waals surface area contributed by atoms with Crippen molar-refractivity contribution in [2.75, 3.05) is 18.4 Å². The van der Waals surface area contributed by atoms with Crippen molar-refractivity contribution in [3.63, 3.8) is 0 Å². The maximum atomic E-state index is 5.42. The second-order valence-corrected chi connectivity index (χ2v) is 6.61. The van der Waals surface area contributed by atoms with Gasteiger partial charge in [0, 0.05) is 60.1 Å². The summed E-state index contributed by atoms with van der Waals surface area (Å²) >= 11 is 0. The maximum absolute atomic E-state index is 5.42. The standard InChI is InChI=1S/C22H21N3/c1-2-17-6-8-18(9-7-17)15-25-13-11-20(16-25)24-22-5-3-4-19-14-23-12-10-21(19)22/h1,3-10,12,14,20,24H,11,13,15-16H2/t20-/m1/s1. The molecule has 0 amide bonds. The predicted molar refractivity (Wildman–Crippen MR) is 103 cm³/mol. The fraction of sp³-hybridized carbons (Fsp3) is 0.227. The number of aromatic nitrogens is 1.